The maximum atomic E-state index is 13.7. The number of hydrogen-bond acceptors (Lipinski definition) is 18. The number of oxazole rings is 3. The first-order valence-electron chi connectivity index (χ1n) is 19.6. The second kappa shape index (κ2) is 21.9. The number of carboxylic acid groups (broad SMARTS) is 1. The van der Waals surface area contributed by atoms with Crippen molar-refractivity contribution < 1.29 is 117 Å². The molecule has 3 aromatic rings. The van der Waals surface area contributed by atoms with Gasteiger partial charge in [-0.1, -0.05) is 0 Å². The Hall–Kier alpha value is -6.39. The van der Waals surface area contributed by atoms with Gasteiger partial charge >= 0.3 is 65.9 Å². The zero-order valence-electron chi connectivity index (χ0n) is 35.9. The molecule has 0 radical (unpaired) electrons. The molecule has 32 heteroatoms. The smallest absolute Gasteiger partial charge is 0.542 e. The number of carboxylic acids is 1. The molecular weight excluding hydrogens is 1010 g/mol. The quantitative estimate of drug-likeness (QED) is 0.0810. The van der Waals surface area contributed by atoms with Crippen molar-refractivity contribution in [2.75, 3.05) is 52.5 Å². The van der Waals surface area contributed by atoms with Gasteiger partial charge in [0.1, 0.15) is 24.8 Å². The number of carbonyl (C=O) groups is 6. The third-order valence-corrected chi connectivity index (χ3v) is 9.92. The largest absolute Gasteiger partial charge is 1.00 e. The molecule has 69 heavy (non-hydrogen) atoms. The number of aliphatic carboxylic acids is 1. The molecule has 0 unspecified atom stereocenters. The van der Waals surface area contributed by atoms with Crippen molar-refractivity contribution in [3.8, 4) is 0 Å². The standard InChI is InChI=1S/C13H13F2N3O5.C11H9F2N3O5.C9H9N3O3.C4H5BrF2O2.Li/c1-2-21-11(19)13(14,15)23-18-9-5-8(10-16-3-4-22-10)6-17(7-9)12(18)20;12-11(13,9(17)18)21-16-7-3-6(8-14-1-2-20-8)4-15(5-7)10(16)19;13-9-11-4-6(8-10-1-2-15-8)3-7(5-11)12(9)14;1-2-9-3(8)4(5,6)7;/h3-5,9H,2,6-7H2,1H3;1-3,7H,4-5H2,(H,17,18);1-3,7,14H,4-5H2;2H2,1H3;/q;;;;+1/p-1/t9-;2*7-;;/m111../s1. The number of alkyl halides is 7. The molecule has 1 N–H and O–H groups in total. The molecule has 3 saturated heterocycles. The number of nitrogens with zero attached hydrogens (tertiary/aromatic N) is 9. The topological polar surface area (TPSA) is 280 Å². The molecule has 0 aromatic carbocycles. The first-order valence-corrected chi connectivity index (χ1v) is 20.3. The van der Waals surface area contributed by atoms with Gasteiger partial charge in [-0.05, 0) is 32.1 Å². The summed E-state index contributed by atoms with van der Waals surface area (Å²) in [6.07, 6.45) is 4.58. The minimum atomic E-state index is -4.59. The van der Waals surface area contributed by atoms with Crippen molar-refractivity contribution in [2.45, 2.75) is 49.0 Å². The molecule has 3 fully saturated rings. The fourth-order valence-electron chi connectivity index (χ4n) is 6.74. The summed E-state index contributed by atoms with van der Waals surface area (Å²) in [5.74, 6) is -5.06. The number of esters is 2. The van der Waals surface area contributed by atoms with Gasteiger partial charge in [-0.25, -0.2) is 38.9 Å². The Bertz CT molecular complexity index is 2430. The molecule has 6 bridgehead atoms. The van der Waals surface area contributed by atoms with Crippen LogP contribution in [0.25, 0.3) is 16.7 Å². The van der Waals surface area contributed by atoms with Crippen LogP contribution in [0.5, 0.6) is 0 Å². The number of halogens is 7. The van der Waals surface area contributed by atoms with Crippen molar-refractivity contribution in [2.24, 2.45) is 0 Å². The van der Waals surface area contributed by atoms with Gasteiger partial charge in [0.15, 0.2) is 0 Å². The Morgan fingerprint density at radius 1 is 0.667 bits per heavy atom. The van der Waals surface area contributed by atoms with E-state index in [4.69, 9.17) is 13.3 Å². The molecule has 0 spiro atoms. The van der Waals surface area contributed by atoms with Gasteiger partial charge in [0.05, 0.1) is 69.6 Å². The minimum Gasteiger partial charge on any atom is -0.542 e. The molecule has 9 rings (SSSR count). The van der Waals surface area contributed by atoms with Crippen molar-refractivity contribution in [3.05, 3.63) is 73.3 Å². The van der Waals surface area contributed by atoms with Gasteiger partial charge in [0.2, 0.25) is 17.7 Å². The number of hydrogen-bond donors (Lipinski definition) is 1. The number of aromatic nitrogens is 3. The minimum absolute atomic E-state index is 0. The van der Waals surface area contributed by atoms with E-state index in [9.17, 15) is 65.4 Å². The van der Waals surface area contributed by atoms with Gasteiger partial charge in [-0.2, -0.15) is 51.2 Å². The van der Waals surface area contributed by atoms with E-state index >= 15 is 0 Å². The number of fused-ring (bicyclic) bond motifs is 6. The van der Waals surface area contributed by atoms with Gasteiger partial charge in [-0.3, -0.25) is 5.21 Å². The summed E-state index contributed by atoms with van der Waals surface area (Å²) in [6.45, 7) is 4.07. The Balaban J connectivity index is 0.000000179. The van der Waals surface area contributed by atoms with E-state index in [1.807, 2.05) is 22.0 Å². The zero-order chi connectivity index (χ0) is 49.7. The van der Waals surface area contributed by atoms with Crippen LogP contribution in [0.3, 0.4) is 0 Å². The predicted molar refractivity (Wildman–Crippen MR) is 207 cm³/mol. The molecule has 3 atom stereocenters. The van der Waals surface area contributed by atoms with Crippen molar-refractivity contribution >= 4 is 68.7 Å². The fourth-order valence-corrected chi connectivity index (χ4v) is 6.86. The predicted octanol–water partition coefficient (Wildman–Crippen LogP) is -0.174. The van der Waals surface area contributed by atoms with Crippen molar-refractivity contribution in [1.82, 2.24) is 44.8 Å². The third-order valence-electron chi connectivity index (χ3n) is 9.59. The van der Waals surface area contributed by atoms with Crippen LogP contribution < -0.4 is 24.0 Å². The number of carbonyl (C=O) groups excluding carboxylic acids is 6. The first kappa shape index (κ1) is 53.6. The normalized spacial score (nSPS) is 20.3. The van der Waals surface area contributed by atoms with E-state index in [1.165, 1.54) is 60.9 Å². The molecule has 6 aliphatic rings. The molecule has 0 saturated carbocycles. The summed E-state index contributed by atoms with van der Waals surface area (Å²) in [6, 6.07) is -3.92. The zero-order valence-corrected chi connectivity index (χ0v) is 37.5. The number of hydroxylamine groups is 6. The fraction of sp³-hybridized carbons (Fsp3) is 0.432. The van der Waals surface area contributed by atoms with Gasteiger partial charge in [0.25, 0.3) is 0 Å². The Labute approximate surface area is 403 Å². The maximum Gasteiger partial charge on any atom is 1.00 e. The Kier molecular flexibility index (Phi) is 17.0. The SMILES string of the molecule is CCOC(=O)C(F)(F)Br.CCOC(=O)C(F)(F)ON1C(=O)N2CC(c3ncco3)=C[C@@H]1C2.O=C1N2CC(c3ncco3)=C[C@H](C2)N1O.O=C1N2CC(c3ncco3)=C[C@H](C2)N1OC(F)(F)C(=O)[O-].[Li+]. The summed E-state index contributed by atoms with van der Waals surface area (Å²) in [7, 11) is 0. The molecule has 0 aliphatic carbocycles. The van der Waals surface area contributed by atoms with E-state index in [0.29, 0.717) is 46.1 Å². The van der Waals surface area contributed by atoms with Crippen LogP contribution in [0.15, 0.2) is 68.9 Å². The average Bonchev–Trinajstić information content (AvgIpc) is 4.18. The van der Waals surface area contributed by atoms with Crippen molar-refractivity contribution in [1.29, 1.82) is 0 Å². The number of rotatable bonds is 12. The van der Waals surface area contributed by atoms with Gasteiger partial charge in [-0.15, -0.1) is 0 Å². The van der Waals surface area contributed by atoms with Crippen LogP contribution in [0.1, 0.15) is 31.5 Å². The molecule has 9 heterocycles. The Morgan fingerprint density at radius 3 is 1.36 bits per heavy atom. The summed E-state index contributed by atoms with van der Waals surface area (Å²) in [4.78, 5) is 87.7. The average molecular weight is 1050 g/mol. The molecular formula is C37H35BrF6LiN9O15. The van der Waals surface area contributed by atoms with E-state index < -0.39 is 59.1 Å². The van der Waals surface area contributed by atoms with E-state index in [1.54, 1.807) is 17.2 Å². The van der Waals surface area contributed by atoms with Crippen LogP contribution in [0.4, 0.5) is 40.7 Å². The number of urea groups is 3. The van der Waals surface area contributed by atoms with E-state index in [2.05, 4.69) is 34.1 Å². The van der Waals surface area contributed by atoms with Gasteiger partial charge < -0.3 is 47.3 Å². The van der Waals surface area contributed by atoms with Gasteiger partial charge in [0, 0.05) is 52.3 Å². The van der Waals surface area contributed by atoms with E-state index in [-0.39, 0.29) is 76.2 Å². The maximum absolute atomic E-state index is 13.7. The van der Waals surface area contributed by atoms with E-state index in [0.717, 1.165) is 10.6 Å². The number of ether oxygens (including phenoxy) is 2. The second-order valence-electron chi connectivity index (χ2n) is 14.2. The van der Waals surface area contributed by atoms with Crippen molar-refractivity contribution in [3.63, 3.8) is 0 Å². The summed E-state index contributed by atoms with van der Waals surface area (Å²) in [5.41, 5.74) is 1.93. The summed E-state index contributed by atoms with van der Waals surface area (Å²) in [5, 5.41) is 21.3. The second-order valence-corrected chi connectivity index (χ2v) is 15.2. The van der Waals surface area contributed by atoms with Crippen LogP contribution in [0, 0.1) is 0 Å². The first-order chi connectivity index (χ1) is 32.0. The third kappa shape index (κ3) is 12.4. The summed E-state index contributed by atoms with van der Waals surface area (Å²) < 4.78 is 101. The number of amides is 6. The Morgan fingerprint density at radius 2 is 1.03 bits per heavy atom. The summed E-state index contributed by atoms with van der Waals surface area (Å²) >= 11 is 1.84. The van der Waals surface area contributed by atoms with Crippen LogP contribution >= 0.6 is 15.9 Å². The van der Waals surface area contributed by atoms with Crippen LogP contribution in [0.2, 0.25) is 0 Å². The molecule has 24 nitrogen and oxygen atoms in total. The molecule has 368 valence electrons. The van der Waals surface area contributed by atoms with Crippen LogP contribution in [-0.2, 0) is 33.5 Å². The van der Waals surface area contributed by atoms with Crippen LogP contribution in [-0.4, -0.2) is 174 Å². The molecule has 3 aromatic heterocycles. The monoisotopic (exact) mass is 1050 g/mol. The molecule has 6 aliphatic heterocycles. The molecule has 6 amide bonds.